The van der Waals surface area contributed by atoms with Gasteiger partial charge in [-0.05, 0) is 6.92 Å². The van der Waals surface area contributed by atoms with Gasteiger partial charge in [0.05, 0.1) is 5.69 Å². The second kappa shape index (κ2) is 4.94. The van der Waals surface area contributed by atoms with Crippen LogP contribution in [0, 0.1) is 6.92 Å². The Bertz CT molecular complexity index is 548. The van der Waals surface area contributed by atoms with E-state index >= 15 is 0 Å². The van der Waals surface area contributed by atoms with Crippen molar-refractivity contribution in [3.63, 3.8) is 0 Å². The van der Waals surface area contributed by atoms with Crippen LogP contribution < -0.4 is 11.3 Å². The van der Waals surface area contributed by atoms with Gasteiger partial charge in [-0.1, -0.05) is 11.3 Å². The first-order chi connectivity index (χ1) is 7.70. The highest BCUT2D eigenvalue weighted by atomic mass is 32.2. The van der Waals surface area contributed by atoms with Crippen LogP contribution in [0.1, 0.15) is 10.7 Å². The Labute approximate surface area is 101 Å². The lowest BCUT2D eigenvalue weighted by Gasteiger charge is -1.99. The predicted octanol–water partition coefficient (Wildman–Crippen LogP) is 0.651. The maximum Gasteiger partial charge on any atom is 0.275 e. The highest BCUT2D eigenvalue weighted by Gasteiger charge is 2.06. The van der Waals surface area contributed by atoms with E-state index in [1.165, 1.54) is 21.9 Å². The number of hydrogen-bond acceptors (Lipinski definition) is 6. The topological polar surface area (TPSA) is 73.3 Å². The van der Waals surface area contributed by atoms with E-state index in [0.29, 0.717) is 11.5 Å². The average molecular weight is 256 g/mol. The highest BCUT2D eigenvalue weighted by molar-refractivity contribution is 7.98. The molecule has 0 aliphatic heterocycles. The van der Waals surface area contributed by atoms with E-state index in [1.807, 2.05) is 6.92 Å². The molecule has 0 spiro atoms. The van der Waals surface area contributed by atoms with Gasteiger partial charge >= 0.3 is 0 Å². The van der Waals surface area contributed by atoms with E-state index in [2.05, 4.69) is 10.1 Å². The summed E-state index contributed by atoms with van der Waals surface area (Å²) in [6, 6.07) is 1.54. The van der Waals surface area contributed by atoms with Crippen LogP contribution in [0.15, 0.2) is 10.9 Å². The molecule has 86 valence electrons. The van der Waals surface area contributed by atoms with Crippen LogP contribution in [0.3, 0.4) is 0 Å². The van der Waals surface area contributed by atoms with Crippen molar-refractivity contribution in [2.75, 3.05) is 12.3 Å². The third kappa shape index (κ3) is 2.42. The molecule has 2 heterocycles. The van der Waals surface area contributed by atoms with Crippen LogP contribution >= 0.6 is 23.1 Å². The van der Waals surface area contributed by atoms with Crippen molar-refractivity contribution in [2.45, 2.75) is 12.7 Å². The normalized spacial score (nSPS) is 11.1. The van der Waals surface area contributed by atoms with Crippen molar-refractivity contribution in [3.05, 3.63) is 27.1 Å². The van der Waals surface area contributed by atoms with E-state index < -0.39 is 0 Å². The SMILES string of the molecule is Cc1nn2c(=O)cc(CSCCN)nc2s1. The summed E-state index contributed by atoms with van der Waals surface area (Å²) < 4.78 is 1.34. The van der Waals surface area contributed by atoms with Crippen molar-refractivity contribution in [3.8, 4) is 0 Å². The lowest BCUT2D eigenvalue weighted by Crippen LogP contribution is -2.15. The highest BCUT2D eigenvalue weighted by Crippen LogP contribution is 2.12. The molecule has 0 fully saturated rings. The van der Waals surface area contributed by atoms with Gasteiger partial charge in [-0.2, -0.15) is 21.4 Å². The molecule has 0 saturated carbocycles. The maximum atomic E-state index is 11.7. The molecule has 0 bridgehead atoms. The third-order valence-electron chi connectivity index (χ3n) is 1.91. The largest absolute Gasteiger partial charge is 0.330 e. The number of fused-ring (bicyclic) bond motifs is 1. The summed E-state index contributed by atoms with van der Waals surface area (Å²) in [7, 11) is 0. The van der Waals surface area contributed by atoms with Crippen LogP contribution in [0.4, 0.5) is 0 Å². The summed E-state index contributed by atoms with van der Waals surface area (Å²) >= 11 is 3.11. The summed E-state index contributed by atoms with van der Waals surface area (Å²) in [5, 5.41) is 4.93. The molecule has 2 aromatic rings. The fourth-order valence-corrected chi connectivity index (χ4v) is 2.72. The van der Waals surface area contributed by atoms with Crippen LogP contribution in [0.2, 0.25) is 0 Å². The first kappa shape index (κ1) is 11.6. The number of thioether (sulfide) groups is 1. The van der Waals surface area contributed by atoms with Gasteiger partial charge in [0.15, 0.2) is 0 Å². The second-order valence-electron chi connectivity index (χ2n) is 3.24. The predicted molar refractivity (Wildman–Crippen MR) is 67.1 cm³/mol. The molecule has 16 heavy (non-hydrogen) atoms. The molecular formula is C9H12N4OS2. The van der Waals surface area contributed by atoms with Gasteiger partial charge in [-0.3, -0.25) is 4.79 Å². The number of rotatable bonds is 4. The zero-order valence-corrected chi connectivity index (χ0v) is 10.5. The molecule has 0 aromatic carbocycles. The Balaban J connectivity index is 2.30. The van der Waals surface area contributed by atoms with Gasteiger partial charge in [-0.25, -0.2) is 4.98 Å². The Morgan fingerprint density at radius 1 is 1.62 bits per heavy atom. The van der Waals surface area contributed by atoms with Crippen molar-refractivity contribution in [1.29, 1.82) is 0 Å². The minimum absolute atomic E-state index is 0.113. The number of nitrogens with two attached hydrogens (primary N) is 1. The van der Waals surface area contributed by atoms with Crippen molar-refractivity contribution in [2.24, 2.45) is 5.73 Å². The quantitative estimate of drug-likeness (QED) is 0.813. The summed E-state index contributed by atoms with van der Waals surface area (Å²) in [6.45, 7) is 2.51. The zero-order chi connectivity index (χ0) is 11.5. The maximum absolute atomic E-state index is 11.7. The van der Waals surface area contributed by atoms with Crippen LogP contribution in [0.5, 0.6) is 0 Å². The number of hydrogen-bond donors (Lipinski definition) is 1. The lowest BCUT2D eigenvalue weighted by atomic mass is 10.4. The van der Waals surface area contributed by atoms with E-state index in [4.69, 9.17) is 5.73 Å². The van der Waals surface area contributed by atoms with Crippen LogP contribution in [-0.4, -0.2) is 26.9 Å². The standard InChI is InChI=1S/C9H12N4OS2/c1-6-12-13-8(14)4-7(5-15-3-2-10)11-9(13)16-6/h4H,2-3,5,10H2,1H3. The molecule has 0 atom stereocenters. The van der Waals surface area contributed by atoms with Gasteiger partial charge in [0.25, 0.3) is 5.56 Å². The number of nitrogens with zero attached hydrogens (tertiary/aromatic N) is 3. The molecule has 0 saturated heterocycles. The minimum atomic E-state index is -0.113. The van der Waals surface area contributed by atoms with Gasteiger partial charge in [0.1, 0.15) is 5.01 Å². The Hall–Kier alpha value is -0.920. The summed E-state index contributed by atoms with van der Waals surface area (Å²) in [5.74, 6) is 1.60. The molecule has 0 aliphatic rings. The molecule has 0 aliphatic carbocycles. The fraction of sp³-hybridized carbons (Fsp3) is 0.444. The lowest BCUT2D eigenvalue weighted by molar-refractivity contribution is 0.872. The molecule has 0 unspecified atom stereocenters. The fourth-order valence-electron chi connectivity index (χ4n) is 1.29. The molecular weight excluding hydrogens is 244 g/mol. The monoisotopic (exact) mass is 256 g/mol. The first-order valence-corrected chi connectivity index (χ1v) is 6.82. The van der Waals surface area contributed by atoms with Gasteiger partial charge in [0, 0.05) is 24.1 Å². The van der Waals surface area contributed by atoms with Crippen molar-refractivity contribution in [1.82, 2.24) is 14.6 Å². The minimum Gasteiger partial charge on any atom is -0.330 e. The van der Waals surface area contributed by atoms with Gasteiger partial charge in [0.2, 0.25) is 4.96 Å². The van der Waals surface area contributed by atoms with Gasteiger partial charge < -0.3 is 5.73 Å². The Morgan fingerprint density at radius 2 is 2.44 bits per heavy atom. The van der Waals surface area contributed by atoms with E-state index in [1.54, 1.807) is 11.8 Å². The van der Waals surface area contributed by atoms with E-state index in [9.17, 15) is 4.79 Å². The van der Waals surface area contributed by atoms with E-state index in [0.717, 1.165) is 22.2 Å². The van der Waals surface area contributed by atoms with Crippen molar-refractivity contribution >= 4 is 28.1 Å². The van der Waals surface area contributed by atoms with Gasteiger partial charge in [-0.15, -0.1) is 0 Å². The number of aromatic nitrogens is 3. The average Bonchev–Trinajstić information content (AvgIpc) is 2.60. The molecule has 2 N–H and O–H groups in total. The third-order valence-corrected chi connectivity index (χ3v) is 3.76. The molecule has 0 radical (unpaired) electrons. The first-order valence-electron chi connectivity index (χ1n) is 4.85. The molecule has 5 nitrogen and oxygen atoms in total. The molecule has 7 heteroatoms. The Kier molecular flexibility index (Phi) is 3.57. The smallest absolute Gasteiger partial charge is 0.275 e. The van der Waals surface area contributed by atoms with Crippen LogP contribution in [0.25, 0.3) is 4.96 Å². The Morgan fingerprint density at radius 3 is 3.19 bits per heavy atom. The number of aryl methyl sites for hydroxylation is 1. The van der Waals surface area contributed by atoms with Crippen LogP contribution in [-0.2, 0) is 5.75 Å². The van der Waals surface area contributed by atoms with E-state index in [-0.39, 0.29) is 5.56 Å². The zero-order valence-electron chi connectivity index (χ0n) is 8.84. The molecule has 0 amide bonds. The van der Waals surface area contributed by atoms with Crippen molar-refractivity contribution < 1.29 is 0 Å². The second-order valence-corrected chi connectivity index (χ2v) is 5.51. The summed E-state index contributed by atoms with van der Waals surface area (Å²) in [6.07, 6.45) is 0. The molecule has 2 aromatic heterocycles. The summed E-state index contributed by atoms with van der Waals surface area (Å²) in [4.78, 5) is 16.7. The molecule has 2 rings (SSSR count). The summed E-state index contributed by atoms with van der Waals surface area (Å²) in [5.41, 5.74) is 6.09.